The van der Waals surface area contributed by atoms with Crippen molar-refractivity contribution in [2.45, 2.75) is 397 Å². The molecule has 1 rings (SSSR count). The van der Waals surface area contributed by atoms with E-state index in [0.717, 1.165) is 51.4 Å². The molecule has 1 amide bonds. The minimum atomic E-state index is -1.58. The lowest BCUT2D eigenvalue weighted by molar-refractivity contribution is -0.302. The first-order valence-corrected chi connectivity index (χ1v) is 36.5. The van der Waals surface area contributed by atoms with Crippen LogP contribution in [0.25, 0.3) is 0 Å². The molecule has 1 heterocycles. The van der Waals surface area contributed by atoms with Gasteiger partial charge in [-0.05, 0) is 77.0 Å². The minimum absolute atomic E-state index is 0.185. The summed E-state index contributed by atoms with van der Waals surface area (Å²) in [4.78, 5) is 13.1. The van der Waals surface area contributed by atoms with Gasteiger partial charge in [0.25, 0.3) is 0 Å². The molecule has 0 spiro atoms. The highest BCUT2D eigenvalue weighted by molar-refractivity contribution is 5.76. The third kappa shape index (κ3) is 51.9. The molecule has 7 unspecified atom stereocenters. The van der Waals surface area contributed by atoms with E-state index in [1.54, 1.807) is 6.08 Å². The van der Waals surface area contributed by atoms with Crippen molar-refractivity contribution in [2.75, 3.05) is 13.2 Å². The van der Waals surface area contributed by atoms with Crippen LogP contribution < -0.4 is 5.32 Å². The maximum atomic E-state index is 13.1. The maximum absolute atomic E-state index is 13.1. The number of hydrogen-bond acceptors (Lipinski definition) is 8. The van der Waals surface area contributed by atoms with E-state index in [1.807, 2.05) is 6.08 Å². The molecule has 0 aliphatic carbocycles. The number of nitrogens with one attached hydrogen (secondary N) is 1. The number of ether oxygens (including phenoxy) is 2. The van der Waals surface area contributed by atoms with Gasteiger partial charge >= 0.3 is 0 Å². The lowest BCUT2D eigenvalue weighted by Gasteiger charge is -2.40. The molecule has 7 atom stereocenters. The van der Waals surface area contributed by atoms with Crippen molar-refractivity contribution >= 4 is 5.91 Å². The number of aliphatic hydroxyl groups is 5. The normalized spacial score (nSPS) is 18.5. The van der Waals surface area contributed by atoms with Gasteiger partial charge in [-0.1, -0.05) is 331 Å². The van der Waals surface area contributed by atoms with E-state index in [-0.39, 0.29) is 12.5 Å². The molecule has 9 heteroatoms. The molecule has 1 fully saturated rings. The zero-order valence-electron chi connectivity index (χ0n) is 55.2. The molecule has 0 aromatic heterocycles. The summed E-state index contributed by atoms with van der Waals surface area (Å²) in [5, 5.41) is 54.8. The predicted molar refractivity (Wildman–Crippen MR) is 359 cm³/mol. The molecule has 1 saturated heterocycles. The molecule has 1 aliphatic heterocycles. The molecular weight excluding hydrogens is 1040 g/mol. The number of carbonyl (C=O) groups excluding carboxylic acids is 1. The summed E-state index contributed by atoms with van der Waals surface area (Å²) in [5.74, 6) is -0.185. The fraction of sp³-hybridized carbons (Fsp3) is 0.853. The standard InChI is InChI=1S/C75H139NO8/c1-3-5-7-9-11-13-15-17-19-21-23-25-27-29-31-33-34-35-36-37-39-41-43-45-47-49-51-53-55-57-59-61-63-65-71(79)76-68(67-83-75-74(82)73(81)72(80)70(66-77)84-75)69(78)64-62-60-58-56-54-52-50-48-46-44-42-40-38-32-30-28-26-24-22-20-18-16-14-12-10-8-6-4-2/h15,17,21,23,46,48,54,56,62,64,68-70,72-75,77-78,80-82H,3-14,16,18-20,22,24-45,47,49-53,55,57-61,63,65-67H2,1-2H3,(H,76,79)/b17-15-,23-21-,48-46+,56-54+,64-62+. The van der Waals surface area contributed by atoms with Gasteiger partial charge in [-0.3, -0.25) is 4.79 Å². The summed E-state index contributed by atoms with van der Waals surface area (Å²) in [6.45, 7) is 3.79. The van der Waals surface area contributed by atoms with Crippen LogP contribution in [0.2, 0.25) is 0 Å². The van der Waals surface area contributed by atoms with Gasteiger partial charge in [0.2, 0.25) is 5.91 Å². The van der Waals surface area contributed by atoms with Crippen LogP contribution in [0.15, 0.2) is 60.8 Å². The van der Waals surface area contributed by atoms with E-state index >= 15 is 0 Å². The van der Waals surface area contributed by atoms with Crippen LogP contribution in [0.4, 0.5) is 0 Å². The Morgan fingerprint density at radius 1 is 0.405 bits per heavy atom. The number of carbonyl (C=O) groups is 1. The Hall–Kier alpha value is -2.11. The topological polar surface area (TPSA) is 149 Å². The second kappa shape index (κ2) is 63.9. The average Bonchev–Trinajstić information content (AvgIpc) is 3.70. The van der Waals surface area contributed by atoms with Crippen molar-refractivity contribution in [3.05, 3.63) is 60.8 Å². The Kier molecular flexibility index (Phi) is 60.8. The smallest absolute Gasteiger partial charge is 0.220 e. The molecule has 0 aromatic carbocycles. The van der Waals surface area contributed by atoms with Gasteiger partial charge < -0.3 is 40.3 Å². The van der Waals surface area contributed by atoms with Crippen LogP contribution in [0.5, 0.6) is 0 Å². The monoisotopic (exact) mass is 1180 g/mol. The Bertz CT molecular complexity index is 1510. The molecule has 9 nitrogen and oxygen atoms in total. The molecule has 6 N–H and O–H groups in total. The Morgan fingerprint density at radius 3 is 1.07 bits per heavy atom. The van der Waals surface area contributed by atoms with Crippen LogP contribution in [0.1, 0.15) is 354 Å². The third-order valence-electron chi connectivity index (χ3n) is 17.3. The second-order valence-corrected chi connectivity index (χ2v) is 25.4. The molecular formula is C75H139NO8. The summed E-state index contributed by atoms with van der Waals surface area (Å²) in [6, 6.07) is -0.831. The minimum Gasteiger partial charge on any atom is -0.394 e. The van der Waals surface area contributed by atoms with Gasteiger partial charge in [0, 0.05) is 6.42 Å². The van der Waals surface area contributed by atoms with E-state index in [9.17, 15) is 30.3 Å². The predicted octanol–water partition coefficient (Wildman–Crippen LogP) is 20.1. The van der Waals surface area contributed by atoms with E-state index < -0.39 is 49.5 Å². The number of unbranched alkanes of at least 4 members (excludes halogenated alkanes) is 46. The molecule has 0 bridgehead atoms. The lowest BCUT2D eigenvalue weighted by Crippen LogP contribution is -2.60. The molecule has 1 aliphatic rings. The third-order valence-corrected chi connectivity index (χ3v) is 17.3. The number of rotatable bonds is 64. The quantitative estimate of drug-likeness (QED) is 0.0261. The fourth-order valence-electron chi connectivity index (χ4n) is 11.6. The van der Waals surface area contributed by atoms with Crippen molar-refractivity contribution < 1.29 is 39.8 Å². The molecule has 0 radical (unpaired) electrons. The van der Waals surface area contributed by atoms with Crippen molar-refractivity contribution in [1.82, 2.24) is 5.32 Å². The zero-order chi connectivity index (χ0) is 60.7. The molecule has 0 saturated carbocycles. The Labute approximate surface area is 519 Å². The van der Waals surface area contributed by atoms with Crippen LogP contribution in [-0.2, 0) is 14.3 Å². The van der Waals surface area contributed by atoms with Gasteiger partial charge in [0.15, 0.2) is 6.29 Å². The van der Waals surface area contributed by atoms with Gasteiger partial charge in [-0.15, -0.1) is 0 Å². The van der Waals surface area contributed by atoms with Crippen molar-refractivity contribution in [1.29, 1.82) is 0 Å². The molecule has 84 heavy (non-hydrogen) atoms. The van der Waals surface area contributed by atoms with Crippen LogP contribution in [0, 0.1) is 0 Å². The first kappa shape index (κ1) is 79.9. The number of amides is 1. The van der Waals surface area contributed by atoms with E-state index in [1.165, 1.54) is 283 Å². The summed E-state index contributed by atoms with van der Waals surface area (Å²) in [6.07, 6.45) is 82.0. The SMILES string of the molecule is CCCCCCC/C=C\C/C=C\CCCCCCCCCCCCCCCCCCCCCCCC(=O)NC(COC1OC(CO)C(O)C(O)C1O)C(O)/C=C/CC/C=C/CC/C=C/CCCCCCCCCCCCCCCCCCCC. The van der Waals surface area contributed by atoms with Gasteiger partial charge in [0.1, 0.15) is 24.4 Å². The number of hydrogen-bond donors (Lipinski definition) is 6. The van der Waals surface area contributed by atoms with E-state index in [0.29, 0.717) is 6.42 Å². The lowest BCUT2D eigenvalue weighted by atomic mass is 9.99. The Balaban J connectivity index is 2.13. The average molecular weight is 1180 g/mol. The first-order valence-electron chi connectivity index (χ1n) is 36.5. The highest BCUT2D eigenvalue weighted by Crippen LogP contribution is 2.23. The fourth-order valence-corrected chi connectivity index (χ4v) is 11.6. The zero-order valence-corrected chi connectivity index (χ0v) is 55.2. The van der Waals surface area contributed by atoms with E-state index in [4.69, 9.17) is 9.47 Å². The van der Waals surface area contributed by atoms with Crippen LogP contribution in [0.3, 0.4) is 0 Å². The van der Waals surface area contributed by atoms with Crippen LogP contribution >= 0.6 is 0 Å². The molecule has 492 valence electrons. The van der Waals surface area contributed by atoms with Gasteiger partial charge in [0.05, 0.1) is 25.4 Å². The van der Waals surface area contributed by atoms with Crippen molar-refractivity contribution in [3.63, 3.8) is 0 Å². The second-order valence-electron chi connectivity index (χ2n) is 25.4. The summed E-state index contributed by atoms with van der Waals surface area (Å²) in [7, 11) is 0. The van der Waals surface area contributed by atoms with Gasteiger partial charge in [-0.25, -0.2) is 0 Å². The van der Waals surface area contributed by atoms with Gasteiger partial charge in [-0.2, -0.15) is 0 Å². The highest BCUT2D eigenvalue weighted by atomic mass is 16.7. The Morgan fingerprint density at radius 2 is 0.714 bits per heavy atom. The summed E-state index contributed by atoms with van der Waals surface area (Å²) >= 11 is 0. The first-order chi connectivity index (χ1) is 41.3. The van der Waals surface area contributed by atoms with Crippen molar-refractivity contribution in [2.24, 2.45) is 0 Å². The van der Waals surface area contributed by atoms with E-state index in [2.05, 4.69) is 67.8 Å². The summed E-state index contributed by atoms with van der Waals surface area (Å²) in [5.41, 5.74) is 0. The highest BCUT2D eigenvalue weighted by Gasteiger charge is 2.44. The molecule has 0 aromatic rings. The van der Waals surface area contributed by atoms with Crippen LogP contribution in [-0.4, -0.2) is 87.5 Å². The maximum Gasteiger partial charge on any atom is 0.220 e. The number of allylic oxidation sites excluding steroid dienone is 9. The summed E-state index contributed by atoms with van der Waals surface area (Å²) < 4.78 is 11.3. The van der Waals surface area contributed by atoms with Crippen molar-refractivity contribution in [3.8, 4) is 0 Å². The number of aliphatic hydroxyl groups excluding tert-OH is 5. The largest absolute Gasteiger partial charge is 0.394 e.